The van der Waals surface area contributed by atoms with Crippen LogP contribution in [0.3, 0.4) is 0 Å². The van der Waals surface area contributed by atoms with Crippen LogP contribution in [0.4, 0.5) is 0 Å². The fourth-order valence-corrected chi connectivity index (χ4v) is 1.84. The van der Waals surface area contributed by atoms with E-state index in [0.29, 0.717) is 18.8 Å². The molecule has 0 radical (unpaired) electrons. The Bertz CT molecular complexity index is 512. The molecule has 2 rings (SSSR count). The van der Waals surface area contributed by atoms with E-state index < -0.39 is 5.97 Å². The number of rotatable bonds is 5. The molecule has 0 aromatic heterocycles. The van der Waals surface area contributed by atoms with Crippen LogP contribution in [0.15, 0.2) is 18.2 Å². The first-order chi connectivity index (χ1) is 8.56. The molecule has 94 valence electrons. The van der Waals surface area contributed by atoms with Crippen molar-refractivity contribution in [2.24, 2.45) is 5.41 Å². The number of carboxylic acids is 1. The standard InChI is InChI=1S/C14H15NO3/c1-10-2-3-11(13(16)17)8-12(10)18-9-14(4-5-14)6-7-15/h2-3,8H,4-6,9H2,1H3,(H,16,17). The van der Waals surface area contributed by atoms with Gasteiger partial charge in [0.15, 0.2) is 0 Å². The highest BCUT2D eigenvalue weighted by Crippen LogP contribution is 2.48. The fraction of sp³-hybridized carbons (Fsp3) is 0.429. The molecule has 4 heteroatoms. The number of benzene rings is 1. The largest absolute Gasteiger partial charge is 0.493 e. The second-order valence-corrected chi connectivity index (χ2v) is 4.91. The molecule has 1 saturated carbocycles. The highest BCUT2D eigenvalue weighted by Gasteiger charge is 2.43. The molecule has 4 nitrogen and oxygen atoms in total. The van der Waals surface area contributed by atoms with E-state index in [1.807, 2.05) is 6.92 Å². The van der Waals surface area contributed by atoms with Crippen molar-refractivity contribution in [3.05, 3.63) is 29.3 Å². The summed E-state index contributed by atoms with van der Waals surface area (Å²) in [5, 5.41) is 17.7. The van der Waals surface area contributed by atoms with Crippen molar-refractivity contribution in [3.8, 4) is 11.8 Å². The molecule has 1 aliphatic carbocycles. The van der Waals surface area contributed by atoms with Crippen LogP contribution >= 0.6 is 0 Å². The number of nitrogens with zero attached hydrogens (tertiary/aromatic N) is 1. The highest BCUT2D eigenvalue weighted by molar-refractivity contribution is 5.88. The van der Waals surface area contributed by atoms with Gasteiger partial charge in [-0.2, -0.15) is 5.26 Å². The first kappa shape index (κ1) is 12.4. The third-order valence-electron chi connectivity index (χ3n) is 3.38. The molecule has 0 atom stereocenters. The Labute approximate surface area is 106 Å². The average molecular weight is 245 g/mol. The lowest BCUT2D eigenvalue weighted by molar-refractivity contribution is 0.0696. The molecule has 1 fully saturated rings. The Morgan fingerprint density at radius 1 is 1.56 bits per heavy atom. The second kappa shape index (κ2) is 4.69. The smallest absolute Gasteiger partial charge is 0.335 e. The van der Waals surface area contributed by atoms with E-state index >= 15 is 0 Å². The van der Waals surface area contributed by atoms with Crippen molar-refractivity contribution in [2.45, 2.75) is 26.2 Å². The summed E-state index contributed by atoms with van der Waals surface area (Å²) < 4.78 is 5.69. The quantitative estimate of drug-likeness (QED) is 0.865. The molecule has 18 heavy (non-hydrogen) atoms. The molecule has 1 aliphatic rings. The summed E-state index contributed by atoms with van der Waals surface area (Å²) in [5.74, 6) is -0.364. The van der Waals surface area contributed by atoms with Crippen LogP contribution in [0, 0.1) is 23.7 Å². The number of aromatic carboxylic acids is 1. The average Bonchev–Trinajstić information content (AvgIpc) is 3.08. The lowest BCUT2D eigenvalue weighted by Gasteiger charge is -2.14. The summed E-state index contributed by atoms with van der Waals surface area (Å²) >= 11 is 0. The third kappa shape index (κ3) is 2.62. The van der Waals surface area contributed by atoms with Gasteiger partial charge < -0.3 is 9.84 Å². The maximum absolute atomic E-state index is 10.9. The summed E-state index contributed by atoms with van der Waals surface area (Å²) in [5.41, 5.74) is 1.13. The van der Waals surface area contributed by atoms with Crippen LogP contribution in [0.5, 0.6) is 5.75 Å². The zero-order valence-corrected chi connectivity index (χ0v) is 10.3. The molecule has 0 aliphatic heterocycles. The summed E-state index contributed by atoms with van der Waals surface area (Å²) in [6.07, 6.45) is 2.53. The molecular formula is C14H15NO3. The number of hydrogen-bond acceptors (Lipinski definition) is 3. The predicted molar refractivity (Wildman–Crippen MR) is 65.5 cm³/mol. The monoisotopic (exact) mass is 245 g/mol. The van der Waals surface area contributed by atoms with E-state index in [9.17, 15) is 4.79 Å². The molecule has 0 amide bonds. The summed E-state index contributed by atoms with van der Waals surface area (Å²) in [7, 11) is 0. The van der Waals surface area contributed by atoms with E-state index in [-0.39, 0.29) is 11.0 Å². The molecule has 0 bridgehead atoms. The van der Waals surface area contributed by atoms with Crippen molar-refractivity contribution in [1.82, 2.24) is 0 Å². The Balaban J connectivity index is 2.07. The minimum atomic E-state index is -0.960. The molecule has 0 unspecified atom stereocenters. The van der Waals surface area contributed by atoms with Gasteiger partial charge in [-0.15, -0.1) is 0 Å². The lowest BCUT2D eigenvalue weighted by Crippen LogP contribution is -2.13. The summed E-state index contributed by atoms with van der Waals surface area (Å²) in [6, 6.07) is 7.02. The van der Waals surface area contributed by atoms with Crippen LogP contribution in [0.1, 0.15) is 35.2 Å². The van der Waals surface area contributed by atoms with Crippen molar-refractivity contribution >= 4 is 5.97 Å². The molecule has 0 saturated heterocycles. The minimum absolute atomic E-state index is 0.000415. The molecule has 0 heterocycles. The number of ether oxygens (including phenoxy) is 1. The highest BCUT2D eigenvalue weighted by atomic mass is 16.5. The first-order valence-electron chi connectivity index (χ1n) is 5.90. The SMILES string of the molecule is Cc1ccc(C(=O)O)cc1OCC1(CC#N)CC1. The van der Waals surface area contributed by atoms with Crippen molar-refractivity contribution < 1.29 is 14.6 Å². The van der Waals surface area contributed by atoms with Crippen LogP contribution < -0.4 is 4.74 Å². The van der Waals surface area contributed by atoms with Gasteiger partial charge in [0.1, 0.15) is 5.75 Å². The zero-order chi connectivity index (χ0) is 13.2. The number of hydrogen-bond donors (Lipinski definition) is 1. The molecule has 1 N–H and O–H groups in total. The summed E-state index contributed by atoms with van der Waals surface area (Å²) in [6.45, 7) is 2.37. The Kier molecular flexibility index (Phi) is 3.24. The van der Waals surface area contributed by atoms with Gasteiger partial charge in [0.2, 0.25) is 0 Å². The van der Waals surface area contributed by atoms with Gasteiger partial charge in [-0.25, -0.2) is 4.79 Å². The Morgan fingerprint density at radius 2 is 2.28 bits per heavy atom. The van der Waals surface area contributed by atoms with E-state index in [1.54, 1.807) is 18.2 Å². The number of carbonyl (C=O) groups is 1. The zero-order valence-electron chi connectivity index (χ0n) is 10.3. The van der Waals surface area contributed by atoms with E-state index in [4.69, 9.17) is 15.1 Å². The van der Waals surface area contributed by atoms with Crippen LogP contribution in [0.2, 0.25) is 0 Å². The molecule has 1 aromatic rings. The predicted octanol–water partition coefficient (Wildman–Crippen LogP) is 2.77. The first-order valence-corrected chi connectivity index (χ1v) is 5.90. The van der Waals surface area contributed by atoms with E-state index in [0.717, 1.165) is 18.4 Å². The van der Waals surface area contributed by atoms with Gasteiger partial charge in [0, 0.05) is 11.8 Å². The van der Waals surface area contributed by atoms with E-state index in [2.05, 4.69) is 6.07 Å². The van der Waals surface area contributed by atoms with Crippen LogP contribution in [-0.4, -0.2) is 17.7 Å². The number of nitriles is 1. The molecular weight excluding hydrogens is 230 g/mol. The lowest BCUT2D eigenvalue weighted by atomic mass is 10.1. The normalized spacial score (nSPS) is 15.8. The maximum atomic E-state index is 10.9. The topological polar surface area (TPSA) is 70.3 Å². The van der Waals surface area contributed by atoms with Crippen molar-refractivity contribution in [1.29, 1.82) is 5.26 Å². The minimum Gasteiger partial charge on any atom is -0.493 e. The second-order valence-electron chi connectivity index (χ2n) is 4.91. The van der Waals surface area contributed by atoms with Gasteiger partial charge >= 0.3 is 5.97 Å². The van der Waals surface area contributed by atoms with Crippen LogP contribution in [-0.2, 0) is 0 Å². The van der Waals surface area contributed by atoms with Gasteiger partial charge in [-0.05, 0) is 37.5 Å². The van der Waals surface area contributed by atoms with Gasteiger partial charge in [0.25, 0.3) is 0 Å². The maximum Gasteiger partial charge on any atom is 0.335 e. The van der Waals surface area contributed by atoms with E-state index in [1.165, 1.54) is 0 Å². The Morgan fingerprint density at radius 3 is 2.83 bits per heavy atom. The number of aryl methyl sites for hydroxylation is 1. The van der Waals surface area contributed by atoms with Crippen molar-refractivity contribution in [2.75, 3.05) is 6.61 Å². The number of carboxylic acid groups (broad SMARTS) is 1. The van der Waals surface area contributed by atoms with Crippen LogP contribution in [0.25, 0.3) is 0 Å². The molecule has 0 spiro atoms. The third-order valence-corrected chi connectivity index (χ3v) is 3.38. The fourth-order valence-electron chi connectivity index (χ4n) is 1.84. The van der Waals surface area contributed by atoms with Gasteiger partial charge in [0.05, 0.1) is 18.2 Å². The van der Waals surface area contributed by atoms with Gasteiger partial charge in [-0.1, -0.05) is 6.07 Å². The van der Waals surface area contributed by atoms with Gasteiger partial charge in [-0.3, -0.25) is 0 Å². The molecule has 1 aromatic carbocycles. The summed E-state index contributed by atoms with van der Waals surface area (Å²) in [4.78, 5) is 10.9. The Hall–Kier alpha value is -2.02. The van der Waals surface area contributed by atoms with Crippen molar-refractivity contribution in [3.63, 3.8) is 0 Å².